The zero-order valence-corrected chi connectivity index (χ0v) is 25.2. The summed E-state index contributed by atoms with van der Waals surface area (Å²) >= 11 is 9.89. The second kappa shape index (κ2) is 12.7. The Kier molecular flexibility index (Phi) is 9.27. The van der Waals surface area contributed by atoms with Crippen LogP contribution in [0.15, 0.2) is 62.9 Å². The molecule has 10 heteroatoms. The van der Waals surface area contributed by atoms with Crippen LogP contribution >= 0.6 is 27.5 Å². The van der Waals surface area contributed by atoms with Crippen molar-refractivity contribution >= 4 is 50.6 Å². The molecule has 1 aromatic heterocycles. The Balaban J connectivity index is 1.82. The Labute approximate surface area is 245 Å². The summed E-state index contributed by atoms with van der Waals surface area (Å²) in [6.07, 6.45) is 1.52. The summed E-state index contributed by atoms with van der Waals surface area (Å²) in [6, 6.07) is 14.5. The molecule has 1 heterocycles. The van der Waals surface area contributed by atoms with Gasteiger partial charge in [-0.15, -0.1) is 0 Å². The Morgan fingerprint density at radius 1 is 1.20 bits per heavy atom. The smallest absolute Gasteiger partial charge is 0.344 e. The van der Waals surface area contributed by atoms with E-state index < -0.39 is 5.97 Å². The zero-order valence-electron chi connectivity index (χ0n) is 22.8. The maximum absolute atomic E-state index is 13.7. The highest BCUT2D eigenvalue weighted by Crippen LogP contribution is 2.35. The molecule has 0 radical (unpaired) electrons. The van der Waals surface area contributed by atoms with Crippen LogP contribution in [0.1, 0.15) is 43.4 Å². The van der Waals surface area contributed by atoms with Crippen molar-refractivity contribution < 1.29 is 19.0 Å². The second-order valence-corrected chi connectivity index (χ2v) is 10.5. The first-order chi connectivity index (χ1) is 19.1. The van der Waals surface area contributed by atoms with Crippen LogP contribution in [0.25, 0.3) is 22.3 Å². The minimum atomic E-state index is -0.499. The summed E-state index contributed by atoms with van der Waals surface area (Å²) in [5.74, 6) is 1.16. The molecule has 208 valence electrons. The van der Waals surface area contributed by atoms with Gasteiger partial charge in [0.1, 0.15) is 5.75 Å². The lowest BCUT2D eigenvalue weighted by Gasteiger charge is -2.17. The molecule has 0 fully saturated rings. The number of fused-ring (bicyclic) bond motifs is 1. The van der Waals surface area contributed by atoms with Gasteiger partial charge in [0.05, 0.1) is 40.3 Å². The minimum absolute atomic E-state index is 0.183. The van der Waals surface area contributed by atoms with Gasteiger partial charge in [-0.2, -0.15) is 9.78 Å². The van der Waals surface area contributed by atoms with E-state index in [1.165, 1.54) is 10.9 Å². The quantitative estimate of drug-likeness (QED) is 0.151. The number of esters is 1. The van der Waals surface area contributed by atoms with E-state index in [0.717, 1.165) is 22.4 Å². The van der Waals surface area contributed by atoms with Crippen molar-refractivity contribution in [1.29, 1.82) is 0 Å². The number of halogens is 2. The molecule has 0 saturated carbocycles. The predicted molar refractivity (Wildman–Crippen MR) is 161 cm³/mol. The number of hydrogen-bond donors (Lipinski definition) is 0. The number of aromatic nitrogens is 2. The molecule has 0 unspecified atom stereocenters. The molecule has 0 N–H and O–H groups in total. The van der Waals surface area contributed by atoms with Crippen molar-refractivity contribution in [2.24, 2.45) is 5.10 Å². The maximum Gasteiger partial charge on any atom is 0.344 e. The molecule has 0 aliphatic rings. The molecule has 4 rings (SSSR count). The highest BCUT2D eigenvalue weighted by Gasteiger charge is 2.19. The number of methoxy groups -OCH3 is 1. The first kappa shape index (κ1) is 29.3. The Morgan fingerprint density at radius 3 is 2.62 bits per heavy atom. The SMILES string of the molecule is CCOC(=O)COc1c(Cl)cc(C=Nn2c(-c3cc(C(C)C)c(OC)cc3C)nc3ccccc3c2=O)cc1Br. The fraction of sp³-hybridized carbons (Fsp3) is 0.267. The van der Waals surface area contributed by atoms with E-state index in [1.807, 2.05) is 31.2 Å². The average Bonchev–Trinajstić information content (AvgIpc) is 2.91. The number of carbonyl (C=O) groups excluding carboxylic acids is 1. The first-order valence-corrected chi connectivity index (χ1v) is 13.8. The number of rotatable bonds is 9. The number of hydrogen-bond acceptors (Lipinski definition) is 7. The van der Waals surface area contributed by atoms with E-state index in [4.69, 9.17) is 30.8 Å². The van der Waals surface area contributed by atoms with Crippen molar-refractivity contribution in [2.45, 2.75) is 33.6 Å². The molecule has 0 atom stereocenters. The molecular weight excluding hydrogens is 598 g/mol. The Hall–Kier alpha value is -3.69. The van der Waals surface area contributed by atoms with E-state index in [1.54, 1.807) is 38.3 Å². The number of nitrogens with zero attached hydrogens (tertiary/aromatic N) is 3. The van der Waals surface area contributed by atoms with Crippen molar-refractivity contribution in [3.05, 3.63) is 85.1 Å². The molecule has 4 aromatic rings. The van der Waals surface area contributed by atoms with Gasteiger partial charge in [-0.1, -0.05) is 37.6 Å². The average molecular weight is 627 g/mol. The van der Waals surface area contributed by atoms with Crippen LogP contribution in [0, 0.1) is 6.92 Å². The monoisotopic (exact) mass is 625 g/mol. The third-order valence-electron chi connectivity index (χ3n) is 6.18. The van der Waals surface area contributed by atoms with Crippen molar-refractivity contribution in [3.63, 3.8) is 0 Å². The fourth-order valence-electron chi connectivity index (χ4n) is 4.22. The van der Waals surface area contributed by atoms with Gasteiger partial charge >= 0.3 is 5.97 Å². The van der Waals surface area contributed by atoms with Crippen molar-refractivity contribution in [2.75, 3.05) is 20.3 Å². The molecule has 0 spiro atoms. The van der Waals surface area contributed by atoms with Gasteiger partial charge in [-0.25, -0.2) is 9.78 Å². The van der Waals surface area contributed by atoms with E-state index in [0.29, 0.717) is 32.5 Å². The zero-order chi connectivity index (χ0) is 29.0. The number of benzene rings is 3. The normalized spacial score (nSPS) is 11.4. The highest BCUT2D eigenvalue weighted by atomic mass is 79.9. The lowest BCUT2D eigenvalue weighted by molar-refractivity contribution is -0.145. The Morgan fingerprint density at radius 2 is 1.95 bits per heavy atom. The minimum Gasteiger partial charge on any atom is -0.496 e. The van der Waals surface area contributed by atoms with Gasteiger partial charge in [0.25, 0.3) is 5.56 Å². The molecule has 8 nitrogen and oxygen atoms in total. The summed E-state index contributed by atoms with van der Waals surface area (Å²) in [5.41, 5.74) is 3.52. The summed E-state index contributed by atoms with van der Waals surface area (Å²) in [6.45, 7) is 7.81. The predicted octanol–water partition coefficient (Wildman–Crippen LogP) is 6.74. The van der Waals surface area contributed by atoms with Crippen molar-refractivity contribution in [1.82, 2.24) is 9.66 Å². The van der Waals surface area contributed by atoms with Crippen LogP contribution in [0.5, 0.6) is 11.5 Å². The second-order valence-electron chi connectivity index (χ2n) is 9.29. The molecule has 0 saturated heterocycles. The standard InChI is InChI=1S/C30H29BrClN3O5/c1-6-39-27(36)16-40-28-23(31)12-19(13-24(28)32)15-33-35-29(34-25-10-8-7-9-20(25)30(35)37)22-14-21(17(2)3)26(38-5)11-18(22)4/h7-15,17H,6,16H2,1-5H3. The molecule has 3 aromatic carbocycles. The summed E-state index contributed by atoms with van der Waals surface area (Å²) in [4.78, 5) is 30.2. The van der Waals surface area contributed by atoms with E-state index >= 15 is 0 Å². The summed E-state index contributed by atoms with van der Waals surface area (Å²) in [7, 11) is 1.64. The summed E-state index contributed by atoms with van der Waals surface area (Å²) < 4.78 is 17.9. The Bertz CT molecular complexity index is 1640. The number of aryl methyl sites for hydroxylation is 1. The lowest BCUT2D eigenvalue weighted by Crippen LogP contribution is -2.21. The number of ether oxygens (including phenoxy) is 3. The van der Waals surface area contributed by atoms with Gasteiger partial charge in [0, 0.05) is 5.56 Å². The number of para-hydroxylation sites is 1. The van der Waals surface area contributed by atoms with E-state index in [-0.39, 0.29) is 29.7 Å². The molecule has 40 heavy (non-hydrogen) atoms. The third kappa shape index (κ3) is 6.21. The largest absolute Gasteiger partial charge is 0.496 e. The van der Waals surface area contributed by atoms with Gasteiger partial charge in [-0.05, 0) is 88.8 Å². The number of carbonyl (C=O) groups is 1. The summed E-state index contributed by atoms with van der Waals surface area (Å²) in [5, 5.41) is 5.27. The molecule has 0 bridgehead atoms. The first-order valence-electron chi connectivity index (χ1n) is 12.7. The van der Waals surface area contributed by atoms with Crippen LogP contribution < -0.4 is 15.0 Å². The van der Waals surface area contributed by atoms with Crippen LogP contribution in [-0.2, 0) is 9.53 Å². The molecule has 0 aliphatic heterocycles. The fourth-order valence-corrected chi connectivity index (χ4v) is 5.21. The highest BCUT2D eigenvalue weighted by molar-refractivity contribution is 9.10. The lowest BCUT2D eigenvalue weighted by atomic mass is 9.96. The van der Waals surface area contributed by atoms with Crippen LogP contribution in [0.4, 0.5) is 0 Å². The van der Waals surface area contributed by atoms with Gasteiger partial charge in [0.2, 0.25) is 0 Å². The molecule has 0 aliphatic carbocycles. The topological polar surface area (TPSA) is 92.0 Å². The van der Waals surface area contributed by atoms with Crippen LogP contribution in [-0.4, -0.2) is 42.2 Å². The van der Waals surface area contributed by atoms with Crippen molar-refractivity contribution in [3.8, 4) is 22.9 Å². The molecular formula is C30H29BrClN3O5. The van der Waals surface area contributed by atoms with Gasteiger partial charge < -0.3 is 14.2 Å². The van der Waals surface area contributed by atoms with Gasteiger partial charge in [0.15, 0.2) is 18.2 Å². The van der Waals surface area contributed by atoms with E-state index in [2.05, 4.69) is 34.9 Å². The van der Waals surface area contributed by atoms with E-state index in [9.17, 15) is 9.59 Å². The van der Waals surface area contributed by atoms with Gasteiger partial charge in [-0.3, -0.25) is 4.79 Å². The molecule has 0 amide bonds. The van der Waals surface area contributed by atoms with Crippen LogP contribution in [0.2, 0.25) is 5.02 Å². The third-order valence-corrected chi connectivity index (χ3v) is 7.05. The maximum atomic E-state index is 13.7. The van der Waals surface area contributed by atoms with Crippen LogP contribution in [0.3, 0.4) is 0 Å².